The van der Waals surface area contributed by atoms with E-state index in [1.165, 1.54) is 43.8 Å². The van der Waals surface area contributed by atoms with Gasteiger partial charge < -0.3 is 14.8 Å². The number of ether oxygens (including phenoxy) is 2. The van der Waals surface area contributed by atoms with E-state index in [2.05, 4.69) is 5.32 Å². The fourth-order valence-electron chi connectivity index (χ4n) is 2.91. The highest BCUT2D eigenvalue weighted by Gasteiger charge is 2.31. The Morgan fingerprint density at radius 3 is 2.43 bits per heavy atom. The van der Waals surface area contributed by atoms with E-state index in [0.29, 0.717) is 21.4 Å². The normalized spacial score (nSPS) is 12.2. The molecular formula is C21H20ClNO5S2. The first-order valence-corrected chi connectivity index (χ1v) is 11.7. The highest BCUT2D eigenvalue weighted by Crippen LogP contribution is 2.32. The molecule has 0 aliphatic heterocycles. The third kappa shape index (κ3) is 4.77. The van der Waals surface area contributed by atoms with E-state index < -0.39 is 21.0 Å². The van der Waals surface area contributed by atoms with Crippen LogP contribution in [0.3, 0.4) is 0 Å². The summed E-state index contributed by atoms with van der Waals surface area (Å²) in [5, 5.41) is 3.94. The Morgan fingerprint density at radius 2 is 1.83 bits per heavy atom. The first-order chi connectivity index (χ1) is 14.4. The molecule has 0 saturated carbocycles. The molecule has 9 heteroatoms. The number of thiophene rings is 1. The topological polar surface area (TPSA) is 81.7 Å². The number of sulfone groups is 1. The van der Waals surface area contributed by atoms with Crippen LogP contribution in [0.4, 0.5) is 0 Å². The number of benzene rings is 2. The molecule has 1 heterocycles. The molecule has 158 valence electrons. The van der Waals surface area contributed by atoms with Gasteiger partial charge in [0, 0.05) is 16.4 Å². The van der Waals surface area contributed by atoms with Crippen LogP contribution in [0.1, 0.15) is 20.5 Å². The quantitative estimate of drug-likeness (QED) is 0.534. The van der Waals surface area contributed by atoms with E-state index in [1.54, 1.807) is 41.8 Å². The molecule has 1 N–H and O–H groups in total. The van der Waals surface area contributed by atoms with Crippen LogP contribution in [0, 0.1) is 0 Å². The smallest absolute Gasteiger partial charge is 0.255 e. The molecule has 3 aromatic rings. The van der Waals surface area contributed by atoms with E-state index in [-0.39, 0.29) is 17.0 Å². The van der Waals surface area contributed by atoms with Crippen molar-refractivity contribution in [1.82, 2.24) is 5.32 Å². The monoisotopic (exact) mass is 465 g/mol. The molecule has 0 unspecified atom stereocenters. The van der Waals surface area contributed by atoms with Crippen LogP contribution in [0.15, 0.2) is 64.9 Å². The molecule has 1 aromatic heterocycles. The van der Waals surface area contributed by atoms with Gasteiger partial charge in [-0.2, -0.15) is 0 Å². The molecule has 2 aromatic carbocycles. The Balaban J connectivity index is 1.88. The van der Waals surface area contributed by atoms with Gasteiger partial charge >= 0.3 is 0 Å². The Bertz CT molecular complexity index is 1110. The van der Waals surface area contributed by atoms with Gasteiger partial charge in [0.15, 0.2) is 9.84 Å². The van der Waals surface area contributed by atoms with Gasteiger partial charge in [-0.05, 0) is 53.9 Å². The maximum Gasteiger partial charge on any atom is 0.255 e. The summed E-state index contributed by atoms with van der Waals surface area (Å²) in [7, 11) is -0.809. The minimum Gasteiger partial charge on any atom is -0.497 e. The SMILES string of the molecule is COc1ccc(S(=O)(=O)[C@@H](CNC(=O)c2cc(Cl)ccc2OC)c2cccs2)cc1. The summed E-state index contributed by atoms with van der Waals surface area (Å²) in [6.07, 6.45) is 0. The molecule has 0 spiro atoms. The van der Waals surface area contributed by atoms with E-state index in [0.717, 1.165) is 0 Å². The van der Waals surface area contributed by atoms with Crippen LogP contribution in [-0.4, -0.2) is 35.1 Å². The predicted octanol–water partition coefficient (Wildman–Crippen LogP) is 4.36. The third-order valence-corrected chi connectivity index (χ3v) is 7.95. The highest BCUT2D eigenvalue weighted by molar-refractivity contribution is 7.91. The largest absolute Gasteiger partial charge is 0.497 e. The number of methoxy groups -OCH3 is 2. The number of rotatable bonds is 8. The molecule has 0 fully saturated rings. The molecule has 0 radical (unpaired) electrons. The van der Waals surface area contributed by atoms with Crippen molar-refractivity contribution in [3.05, 3.63) is 75.4 Å². The first kappa shape index (κ1) is 22.1. The van der Waals surface area contributed by atoms with Gasteiger partial charge in [-0.25, -0.2) is 8.42 Å². The average molecular weight is 466 g/mol. The summed E-state index contributed by atoms with van der Waals surface area (Å²) in [6, 6.07) is 14.4. The van der Waals surface area contributed by atoms with Crippen molar-refractivity contribution in [3.8, 4) is 11.5 Å². The molecule has 3 rings (SSSR count). The van der Waals surface area contributed by atoms with Crippen LogP contribution in [-0.2, 0) is 9.84 Å². The zero-order chi connectivity index (χ0) is 21.7. The number of nitrogens with one attached hydrogen (secondary N) is 1. The predicted molar refractivity (Wildman–Crippen MR) is 118 cm³/mol. The lowest BCUT2D eigenvalue weighted by Crippen LogP contribution is -2.31. The maximum atomic E-state index is 13.3. The Hall–Kier alpha value is -2.55. The van der Waals surface area contributed by atoms with Gasteiger partial charge in [0.1, 0.15) is 16.7 Å². The van der Waals surface area contributed by atoms with Crippen LogP contribution in [0.5, 0.6) is 11.5 Å². The van der Waals surface area contributed by atoms with Crippen LogP contribution >= 0.6 is 22.9 Å². The van der Waals surface area contributed by atoms with Crippen molar-refractivity contribution >= 4 is 38.7 Å². The van der Waals surface area contributed by atoms with Gasteiger partial charge in [0.25, 0.3) is 5.91 Å². The number of hydrogen-bond acceptors (Lipinski definition) is 6. The van der Waals surface area contributed by atoms with Gasteiger partial charge in [-0.3, -0.25) is 4.79 Å². The van der Waals surface area contributed by atoms with E-state index >= 15 is 0 Å². The second kappa shape index (κ2) is 9.51. The molecule has 30 heavy (non-hydrogen) atoms. The number of amides is 1. The highest BCUT2D eigenvalue weighted by atomic mass is 35.5. The van der Waals surface area contributed by atoms with Crippen molar-refractivity contribution in [1.29, 1.82) is 0 Å². The van der Waals surface area contributed by atoms with E-state index in [9.17, 15) is 13.2 Å². The molecule has 0 bridgehead atoms. The Kier molecular flexibility index (Phi) is 7.02. The molecule has 6 nitrogen and oxygen atoms in total. The van der Waals surface area contributed by atoms with Crippen molar-refractivity contribution in [2.24, 2.45) is 0 Å². The zero-order valence-corrected chi connectivity index (χ0v) is 18.7. The van der Waals surface area contributed by atoms with Crippen LogP contribution in [0.25, 0.3) is 0 Å². The summed E-state index contributed by atoms with van der Waals surface area (Å²) in [6.45, 7) is -0.108. The lowest BCUT2D eigenvalue weighted by atomic mass is 10.2. The second-order valence-corrected chi connectivity index (χ2v) is 9.83. The molecule has 0 saturated heterocycles. The maximum absolute atomic E-state index is 13.3. The van der Waals surface area contributed by atoms with Crippen LogP contribution < -0.4 is 14.8 Å². The molecule has 1 amide bonds. The summed E-state index contributed by atoms with van der Waals surface area (Å²) < 4.78 is 37.0. The molecule has 1 atom stereocenters. The lowest BCUT2D eigenvalue weighted by Gasteiger charge is -2.18. The number of halogens is 1. The molecule has 0 aliphatic rings. The fraction of sp³-hybridized carbons (Fsp3) is 0.190. The van der Waals surface area contributed by atoms with Gasteiger partial charge in [-0.15, -0.1) is 11.3 Å². The van der Waals surface area contributed by atoms with E-state index in [1.807, 2.05) is 0 Å². The fourth-order valence-corrected chi connectivity index (χ4v) is 5.86. The lowest BCUT2D eigenvalue weighted by molar-refractivity contribution is 0.0950. The number of carbonyl (C=O) groups excluding carboxylic acids is 1. The van der Waals surface area contributed by atoms with Crippen molar-refractivity contribution in [2.75, 3.05) is 20.8 Å². The van der Waals surface area contributed by atoms with Gasteiger partial charge in [-0.1, -0.05) is 17.7 Å². The van der Waals surface area contributed by atoms with Crippen molar-refractivity contribution in [2.45, 2.75) is 10.1 Å². The Labute approximate surface area is 184 Å². The van der Waals surface area contributed by atoms with Crippen LogP contribution in [0.2, 0.25) is 5.02 Å². The second-order valence-electron chi connectivity index (χ2n) is 6.28. The molecular weight excluding hydrogens is 446 g/mol. The summed E-state index contributed by atoms with van der Waals surface area (Å²) in [5.41, 5.74) is 0.233. The average Bonchev–Trinajstić information content (AvgIpc) is 3.28. The van der Waals surface area contributed by atoms with Gasteiger partial charge in [0.2, 0.25) is 0 Å². The Morgan fingerprint density at radius 1 is 1.10 bits per heavy atom. The van der Waals surface area contributed by atoms with E-state index in [4.69, 9.17) is 21.1 Å². The standard InChI is InChI=1S/C21H20ClNO5S2/c1-27-15-6-8-16(9-7-15)30(25,26)20(19-4-3-11-29-19)13-23-21(24)17-12-14(22)5-10-18(17)28-2/h3-12,20H,13H2,1-2H3,(H,23,24)/t20-/m0/s1. The molecule has 0 aliphatic carbocycles. The third-order valence-electron chi connectivity index (χ3n) is 4.48. The van der Waals surface area contributed by atoms with Crippen molar-refractivity contribution in [3.63, 3.8) is 0 Å². The summed E-state index contributed by atoms with van der Waals surface area (Å²) in [4.78, 5) is 13.5. The number of carbonyl (C=O) groups is 1. The minimum absolute atomic E-state index is 0.108. The minimum atomic E-state index is -3.77. The summed E-state index contributed by atoms with van der Waals surface area (Å²) >= 11 is 7.32. The first-order valence-electron chi connectivity index (χ1n) is 8.90. The van der Waals surface area contributed by atoms with Crippen molar-refractivity contribution < 1.29 is 22.7 Å². The van der Waals surface area contributed by atoms with Gasteiger partial charge in [0.05, 0.1) is 24.7 Å². The summed E-state index contributed by atoms with van der Waals surface area (Å²) in [5.74, 6) is 0.436. The number of hydrogen-bond donors (Lipinski definition) is 1. The zero-order valence-electron chi connectivity index (χ0n) is 16.3.